The minimum atomic E-state index is 0.151. The third-order valence-electron chi connectivity index (χ3n) is 4.03. The highest BCUT2D eigenvalue weighted by molar-refractivity contribution is 9.10. The summed E-state index contributed by atoms with van der Waals surface area (Å²) in [5, 5.41) is 0. The van der Waals surface area contributed by atoms with Gasteiger partial charge in [-0.15, -0.1) is 0 Å². The maximum Gasteiger partial charge on any atom is 0.0307 e. The third-order valence-corrected chi connectivity index (χ3v) is 4.56. The van der Waals surface area contributed by atoms with E-state index in [2.05, 4.69) is 58.9 Å². The molecular weight excluding hydrogens is 300 g/mol. The van der Waals surface area contributed by atoms with Gasteiger partial charge < -0.3 is 10.6 Å². The maximum atomic E-state index is 6.29. The Kier molecular flexibility index (Phi) is 5.04. The van der Waals surface area contributed by atoms with E-state index in [1.807, 2.05) is 0 Å². The van der Waals surface area contributed by atoms with Crippen molar-refractivity contribution in [2.24, 2.45) is 11.1 Å². The van der Waals surface area contributed by atoms with Crippen LogP contribution in [0.2, 0.25) is 0 Å². The van der Waals surface area contributed by atoms with Crippen LogP contribution in [0.15, 0.2) is 28.7 Å². The topological polar surface area (TPSA) is 29.3 Å². The van der Waals surface area contributed by atoms with Gasteiger partial charge in [0.1, 0.15) is 0 Å². The van der Waals surface area contributed by atoms with Gasteiger partial charge in [-0.2, -0.15) is 0 Å². The van der Waals surface area contributed by atoms with Gasteiger partial charge in [0, 0.05) is 17.1 Å². The van der Waals surface area contributed by atoms with Crippen molar-refractivity contribution in [1.82, 2.24) is 4.90 Å². The van der Waals surface area contributed by atoms with Crippen LogP contribution in [-0.2, 0) is 0 Å². The van der Waals surface area contributed by atoms with Gasteiger partial charge in [0.25, 0.3) is 0 Å². The first-order chi connectivity index (χ1) is 8.96. The predicted molar refractivity (Wildman–Crippen MR) is 85.1 cm³/mol. The molecule has 1 saturated heterocycles. The molecule has 2 N–H and O–H groups in total. The summed E-state index contributed by atoms with van der Waals surface area (Å²) in [5.41, 5.74) is 8.00. The second-order valence-electron chi connectivity index (χ2n) is 6.49. The molecule has 1 aliphatic heterocycles. The SMILES string of the molecule is CC1(C)CCCN(CCC(N)c2ccc(Br)cc2)C1. The van der Waals surface area contributed by atoms with Crippen molar-refractivity contribution in [1.29, 1.82) is 0 Å². The monoisotopic (exact) mass is 324 g/mol. The normalized spacial score (nSPS) is 21.3. The molecule has 3 heteroatoms. The van der Waals surface area contributed by atoms with Crippen LogP contribution in [0.5, 0.6) is 0 Å². The molecule has 1 fully saturated rings. The van der Waals surface area contributed by atoms with Gasteiger partial charge in [-0.25, -0.2) is 0 Å². The number of hydrogen-bond donors (Lipinski definition) is 1. The number of nitrogens with zero attached hydrogens (tertiary/aromatic N) is 1. The van der Waals surface area contributed by atoms with Crippen LogP contribution in [0.25, 0.3) is 0 Å². The van der Waals surface area contributed by atoms with E-state index < -0.39 is 0 Å². The molecule has 0 aromatic heterocycles. The zero-order chi connectivity index (χ0) is 13.9. The molecule has 0 bridgehead atoms. The molecule has 2 rings (SSSR count). The first-order valence-corrected chi connectivity index (χ1v) is 7.99. The van der Waals surface area contributed by atoms with Gasteiger partial charge in [0.2, 0.25) is 0 Å². The molecule has 19 heavy (non-hydrogen) atoms. The number of rotatable bonds is 4. The van der Waals surface area contributed by atoms with Crippen LogP contribution >= 0.6 is 15.9 Å². The lowest BCUT2D eigenvalue weighted by Crippen LogP contribution is -2.41. The summed E-state index contributed by atoms with van der Waals surface area (Å²) in [6.07, 6.45) is 3.71. The molecule has 1 aromatic rings. The molecule has 0 amide bonds. The van der Waals surface area contributed by atoms with Crippen molar-refractivity contribution in [2.75, 3.05) is 19.6 Å². The van der Waals surface area contributed by atoms with Crippen molar-refractivity contribution >= 4 is 15.9 Å². The van der Waals surface area contributed by atoms with E-state index >= 15 is 0 Å². The molecular formula is C16H25BrN2. The lowest BCUT2D eigenvalue weighted by atomic mass is 9.84. The van der Waals surface area contributed by atoms with Gasteiger partial charge in [0.15, 0.2) is 0 Å². The summed E-state index contributed by atoms with van der Waals surface area (Å²) in [7, 11) is 0. The number of nitrogens with two attached hydrogens (primary N) is 1. The summed E-state index contributed by atoms with van der Waals surface area (Å²) < 4.78 is 1.11. The summed E-state index contributed by atoms with van der Waals surface area (Å²) in [6, 6.07) is 8.53. The Morgan fingerprint density at radius 1 is 1.32 bits per heavy atom. The Morgan fingerprint density at radius 3 is 2.63 bits per heavy atom. The maximum absolute atomic E-state index is 6.29. The summed E-state index contributed by atoms with van der Waals surface area (Å²) in [6.45, 7) is 8.29. The first-order valence-electron chi connectivity index (χ1n) is 7.20. The van der Waals surface area contributed by atoms with E-state index in [9.17, 15) is 0 Å². The number of likely N-dealkylation sites (tertiary alicyclic amines) is 1. The van der Waals surface area contributed by atoms with Crippen molar-refractivity contribution in [2.45, 2.75) is 39.2 Å². The molecule has 0 saturated carbocycles. The second kappa shape index (κ2) is 6.38. The Balaban J connectivity index is 1.83. The van der Waals surface area contributed by atoms with Crippen LogP contribution < -0.4 is 5.73 Å². The molecule has 1 heterocycles. The predicted octanol–water partition coefficient (Wildman–Crippen LogP) is 3.96. The highest BCUT2D eigenvalue weighted by atomic mass is 79.9. The van der Waals surface area contributed by atoms with E-state index in [0.717, 1.165) is 17.4 Å². The zero-order valence-electron chi connectivity index (χ0n) is 12.0. The standard InChI is InChI=1S/C16H25BrN2/c1-16(2)9-3-10-19(12-16)11-8-15(18)13-4-6-14(17)7-5-13/h4-7,15H,3,8-12,18H2,1-2H3. The van der Waals surface area contributed by atoms with Crippen molar-refractivity contribution < 1.29 is 0 Å². The van der Waals surface area contributed by atoms with Gasteiger partial charge in [0.05, 0.1) is 0 Å². The fourth-order valence-electron chi connectivity index (χ4n) is 2.93. The molecule has 2 nitrogen and oxygen atoms in total. The van der Waals surface area contributed by atoms with E-state index in [0.29, 0.717) is 5.41 Å². The van der Waals surface area contributed by atoms with Gasteiger partial charge in [-0.1, -0.05) is 41.9 Å². The van der Waals surface area contributed by atoms with Crippen LogP contribution in [0.1, 0.15) is 44.7 Å². The van der Waals surface area contributed by atoms with Gasteiger partial charge >= 0.3 is 0 Å². The third kappa shape index (κ3) is 4.59. The lowest BCUT2D eigenvalue weighted by Gasteiger charge is -2.38. The largest absolute Gasteiger partial charge is 0.324 e. The number of benzene rings is 1. The van der Waals surface area contributed by atoms with Crippen LogP contribution in [0, 0.1) is 5.41 Å². The molecule has 0 radical (unpaired) electrons. The van der Waals surface area contributed by atoms with E-state index in [1.54, 1.807) is 0 Å². The molecule has 1 unspecified atom stereocenters. The zero-order valence-corrected chi connectivity index (χ0v) is 13.6. The van der Waals surface area contributed by atoms with Crippen molar-refractivity contribution in [3.8, 4) is 0 Å². The number of piperidine rings is 1. The fraction of sp³-hybridized carbons (Fsp3) is 0.625. The first kappa shape index (κ1) is 15.0. The molecule has 1 atom stereocenters. The van der Waals surface area contributed by atoms with E-state index in [1.165, 1.54) is 31.5 Å². The molecule has 0 spiro atoms. The smallest absolute Gasteiger partial charge is 0.0307 e. The Labute approximate surface area is 125 Å². The van der Waals surface area contributed by atoms with Gasteiger partial charge in [-0.3, -0.25) is 0 Å². The number of hydrogen-bond acceptors (Lipinski definition) is 2. The van der Waals surface area contributed by atoms with Crippen molar-refractivity contribution in [3.63, 3.8) is 0 Å². The second-order valence-corrected chi connectivity index (χ2v) is 7.41. The van der Waals surface area contributed by atoms with E-state index in [-0.39, 0.29) is 6.04 Å². The highest BCUT2D eigenvalue weighted by Crippen LogP contribution is 2.29. The quantitative estimate of drug-likeness (QED) is 0.908. The summed E-state index contributed by atoms with van der Waals surface area (Å²) in [4.78, 5) is 2.57. The average molecular weight is 325 g/mol. The molecule has 1 aliphatic rings. The Hall–Kier alpha value is -0.380. The highest BCUT2D eigenvalue weighted by Gasteiger charge is 2.26. The Bertz CT molecular complexity index is 400. The average Bonchev–Trinajstić information content (AvgIpc) is 2.36. The van der Waals surface area contributed by atoms with Crippen LogP contribution in [0.4, 0.5) is 0 Å². The molecule has 1 aromatic carbocycles. The van der Waals surface area contributed by atoms with Crippen LogP contribution in [-0.4, -0.2) is 24.5 Å². The molecule has 106 valence electrons. The minimum absolute atomic E-state index is 0.151. The number of halogens is 1. The summed E-state index contributed by atoms with van der Waals surface area (Å²) >= 11 is 3.46. The molecule has 0 aliphatic carbocycles. The van der Waals surface area contributed by atoms with Crippen LogP contribution in [0.3, 0.4) is 0 Å². The Morgan fingerprint density at radius 2 is 2.00 bits per heavy atom. The fourth-order valence-corrected chi connectivity index (χ4v) is 3.20. The lowest BCUT2D eigenvalue weighted by molar-refractivity contribution is 0.115. The summed E-state index contributed by atoms with van der Waals surface area (Å²) in [5.74, 6) is 0. The van der Waals surface area contributed by atoms with E-state index in [4.69, 9.17) is 5.73 Å². The minimum Gasteiger partial charge on any atom is -0.324 e. The van der Waals surface area contributed by atoms with Crippen molar-refractivity contribution in [3.05, 3.63) is 34.3 Å². The van der Waals surface area contributed by atoms with Gasteiger partial charge in [-0.05, 0) is 55.5 Å².